The van der Waals surface area contributed by atoms with Gasteiger partial charge in [0.2, 0.25) is 0 Å². The third kappa shape index (κ3) is 3.23. The van der Waals surface area contributed by atoms with Crippen LogP contribution in [0.3, 0.4) is 0 Å². The molecule has 0 aliphatic carbocycles. The van der Waals surface area contributed by atoms with E-state index in [1.165, 1.54) is 12.1 Å². The number of carboxylic acid groups (broad SMARTS) is 1. The third-order valence-electron chi connectivity index (χ3n) is 2.10. The Morgan fingerprint density at radius 3 is 2.31 bits per heavy atom. The summed E-state index contributed by atoms with van der Waals surface area (Å²) in [7, 11) is -3.20. The molecule has 0 saturated carbocycles. The molecule has 16 heavy (non-hydrogen) atoms. The number of sulfone groups is 1. The summed E-state index contributed by atoms with van der Waals surface area (Å²) in [6.45, 7) is 1.68. The first-order valence-corrected chi connectivity index (χ1v) is 6.37. The van der Waals surface area contributed by atoms with Crippen LogP contribution in [0.5, 0.6) is 0 Å². The van der Waals surface area contributed by atoms with E-state index in [9.17, 15) is 18.3 Å². The topological polar surface area (TPSA) is 86.3 Å². The zero-order chi connectivity index (χ0) is 12.2. The van der Waals surface area contributed by atoms with Gasteiger partial charge in [-0.05, 0) is 17.7 Å². The number of hydrogen-bond acceptors (Lipinski definition) is 4. The number of carbonyl (C=O) groups is 1. The van der Waals surface area contributed by atoms with E-state index in [-0.39, 0.29) is 17.2 Å². The maximum Gasteiger partial charge on any atom is 0.178 e. The van der Waals surface area contributed by atoms with Crippen molar-refractivity contribution in [1.29, 1.82) is 0 Å². The molecule has 0 unspecified atom stereocenters. The molecular formula is C10H12NO4S-. The quantitative estimate of drug-likeness (QED) is 0.799. The Hall–Kier alpha value is -1.56. The minimum absolute atomic E-state index is 0.0453. The summed E-state index contributed by atoms with van der Waals surface area (Å²) in [5.74, 6) is 0.0453. The second-order valence-corrected chi connectivity index (χ2v) is 5.47. The fourth-order valence-corrected chi connectivity index (χ4v) is 2.04. The second-order valence-electron chi connectivity index (χ2n) is 3.19. The van der Waals surface area contributed by atoms with Crippen molar-refractivity contribution in [2.45, 2.75) is 18.4 Å². The van der Waals surface area contributed by atoms with Crippen molar-refractivity contribution in [3.8, 4) is 0 Å². The fraction of sp³-hybridized carbons (Fsp3) is 0.300. The van der Waals surface area contributed by atoms with Gasteiger partial charge in [-0.15, -0.1) is 0 Å². The van der Waals surface area contributed by atoms with Crippen LogP contribution in [0.4, 0.5) is 4.79 Å². The van der Waals surface area contributed by atoms with Crippen molar-refractivity contribution in [3.63, 3.8) is 0 Å². The molecule has 0 saturated heterocycles. The molecule has 1 rings (SSSR count). The minimum atomic E-state index is -3.20. The van der Waals surface area contributed by atoms with E-state index in [2.05, 4.69) is 5.32 Å². The highest BCUT2D eigenvalue weighted by molar-refractivity contribution is 7.91. The van der Waals surface area contributed by atoms with Crippen molar-refractivity contribution >= 4 is 15.9 Å². The van der Waals surface area contributed by atoms with Crippen LogP contribution in [0.2, 0.25) is 0 Å². The number of hydrogen-bond donors (Lipinski definition) is 1. The first-order valence-electron chi connectivity index (χ1n) is 4.72. The van der Waals surface area contributed by atoms with Crippen molar-refractivity contribution in [3.05, 3.63) is 29.8 Å². The number of amides is 1. The smallest absolute Gasteiger partial charge is 0.178 e. The molecule has 0 aliphatic heterocycles. The summed E-state index contributed by atoms with van der Waals surface area (Å²) in [6, 6.07) is 6.06. The lowest BCUT2D eigenvalue weighted by Crippen LogP contribution is -2.35. The van der Waals surface area contributed by atoms with Crippen LogP contribution in [0, 0.1) is 0 Å². The lowest BCUT2D eigenvalue weighted by molar-refractivity contribution is -0.251. The van der Waals surface area contributed by atoms with Crippen LogP contribution in [0.15, 0.2) is 29.2 Å². The molecule has 1 aromatic carbocycles. The lowest BCUT2D eigenvalue weighted by atomic mass is 10.2. The molecule has 6 heteroatoms. The largest absolute Gasteiger partial charge is 0.530 e. The molecule has 88 valence electrons. The van der Waals surface area contributed by atoms with Gasteiger partial charge >= 0.3 is 0 Å². The number of benzene rings is 1. The molecule has 1 amide bonds. The molecule has 0 radical (unpaired) electrons. The van der Waals surface area contributed by atoms with Crippen LogP contribution in [-0.2, 0) is 16.4 Å². The molecule has 0 atom stereocenters. The summed E-state index contributed by atoms with van der Waals surface area (Å²) in [4.78, 5) is 10.4. The Balaban J connectivity index is 2.80. The van der Waals surface area contributed by atoms with E-state index < -0.39 is 15.9 Å². The zero-order valence-corrected chi connectivity index (χ0v) is 9.58. The standard InChI is InChI=1S/C10H13NO4S/c1-2-16(14,15)9-5-3-8(4-6-9)7-11-10(12)13/h3-6,11H,2,7H2,1H3,(H,12,13)/p-1. The van der Waals surface area contributed by atoms with E-state index in [4.69, 9.17) is 0 Å². The second kappa shape index (κ2) is 4.98. The van der Waals surface area contributed by atoms with Gasteiger partial charge in [0.1, 0.15) is 6.09 Å². The highest BCUT2D eigenvalue weighted by atomic mass is 32.2. The Kier molecular flexibility index (Phi) is 3.89. The van der Waals surface area contributed by atoms with Crippen molar-refractivity contribution in [1.82, 2.24) is 5.32 Å². The van der Waals surface area contributed by atoms with Gasteiger partial charge < -0.3 is 15.2 Å². The molecule has 5 nitrogen and oxygen atoms in total. The molecule has 0 aliphatic rings. The Morgan fingerprint density at radius 2 is 1.88 bits per heavy atom. The van der Waals surface area contributed by atoms with Crippen LogP contribution < -0.4 is 10.4 Å². The normalized spacial score (nSPS) is 11.1. The van der Waals surface area contributed by atoms with Gasteiger partial charge in [0, 0.05) is 6.54 Å². The van der Waals surface area contributed by atoms with Crippen LogP contribution >= 0.6 is 0 Å². The zero-order valence-electron chi connectivity index (χ0n) is 8.76. The minimum Gasteiger partial charge on any atom is -0.530 e. The lowest BCUT2D eigenvalue weighted by Gasteiger charge is -2.07. The van der Waals surface area contributed by atoms with E-state index >= 15 is 0 Å². The van der Waals surface area contributed by atoms with Crippen molar-refractivity contribution in [2.75, 3.05) is 5.75 Å². The SMILES string of the molecule is CCS(=O)(=O)c1ccc(CNC(=O)[O-])cc1. The highest BCUT2D eigenvalue weighted by Crippen LogP contribution is 2.12. The van der Waals surface area contributed by atoms with Gasteiger partial charge in [0.05, 0.1) is 10.6 Å². The number of carbonyl (C=O) groups excluding carboxylic acids is 1. The average Bonchev–Trinajstić information content (AvgIpc) is 2.27. The predicted octanol–water partition coefficient (Wildman–Crippen LogP) is -0.0869. The van der Waals surface area contributed by atoms with Gasteiger partial charge in [0.15, 0.2) is 9.84 Å². The number of nitrogens with one attached hydrogen (secondary N) is 1. The van der Waals surface area contributed by atoms with Gasteiger partial charge in [0.25, 0.3) is 0 Å². The van der Waals surface area contributed by atoms with Crippen molar-refractivity contribution in [2.24, 2.45) is 0 Å². The summed E-state index contributed by atoms with van der Waals surface area (Å²) in [6.07, 6.45) is -1.36. The maximum atomic E-state index is 11.5. The Bertz CT molecular complexity index is 464. The first kappa shape index (κ1) is 12.5. The van der Waals surface area contributed by atoms with E-state index in [1.807, 2.05) is 0 Å². The van der Waals surface area contributed by atoms with Gasteiger partial charge in [-0.3, -0.25) is 0 Å². The molecule has 0 bridgehead atoms. The van der Waals surface area contributed by atoms with Gasteiger partial charge in [-0.2, -0.15) is 0 Å². The fourth-order valence-electron chi connectivity index (χ4n) is 1.16. The van der Waals surface area contributed by atoms with Gasteiger partial charge in [-0.1, -0.05) is 19.1 Å². The van der Waals surface area contributed by atoms with Crippen molar-refractivity contribution < 1.29 is 18.3 Å². The molecule has 0 heterocycles. The Morgan fingerprint density at radius 1 is 1.31 bits per heavy atom. The third-order valence-corrected chi connectivity index (χ3v) is 3.85. The summed E-state index contributed by atoms with van der Waals surface area (Å²) in [5.41, 5.74) is 0.680. The molecule has 0 spiro atoms. The highest BCUT2D eigenvalue weighted by Gasteiger charge is 2.10. The number of rotatable bonds is 4. The summed E-state index contributed by atoms with van der Waals surface area (Å²) >= 11 is 0. The van der Waals surface area contributed by atoms with Crippen LogP contribution in [0.1, 0.15) is 12.5 Å². The van der Waals surface area contributed by atoms with Crippen LogP contribution in [0.25, 0.3) is 0 Å². The maximum absolute atomic E-state index is 11.5. The van der Waals surface area contributed by atoms with E-state index in [0.717, 1.165) is 0 Å². The van der Waals surface area contributed by atoms with Crippen LogP contribution in [-0.4, -0.2) is 20.3 Å². The van der Waals surface area contributed by atoms with Gasteiger partial charge in [-0.25, -0.2) is 8.42 Å². The van der Waals surface area contributed by atoms with E-state index in [1.54, 1.807) is 19.1 Å². The summed E-state index contributed by atoms with van der Waals surface area (Å²) in [5, 5.41) is 12.2. The average molecular weight is 242 g/mol. The van der Waals surface area contributed by atoms with E-state index in [0.29, 0.717) is 5.56 Å². The first-order chi connectivity index (χ1) is 7.45. The Labute approximate surface area is 94.0 Å². The molecule has 0 fully saturated rings. The monoisotopic (exact) mass is 242 g/mol. The molecule has 0 aromatic heterocycles. The summed E-state index contributed by atoms with van der Waals surface area (Å²) < 4.78 is 22.9. The molecular weight excluding hydrogens is 230 g/mol. The predicted molar refractivity (Wildman–Crippen MR) is 56.4 cm³/mol. The molecule has 1 N–H and O–H groups in total. The molecule has 1 aromatic rings.